The Kier molecular flexibility index (Phi) is 5.20. The monoisotopic (exact) mass is 427 g/mol. The fraction of sp³-hybridized carbons (Fsp3) is 0.474. The first-order valence-electron chi connectivity index (χ1n) is 9.39. The number of halogens is 4. The first kappa shape index (κ1) is 20.0. The summed E-state index contributed by atoms with van der Waals surface area (Å²) in [6.07, 6.45) is -4.76. The summed E-state index contributed by atoms with van der Waals surface area (Å²) >= 11 is 6.38. The van der Waals surface area contributed by atoms with Crippen LogP contribution in [0.5, 0.6) is 0 Å². The van der Waals surface area contributed by atoms with E-state index in [4.69, 9.17) is 11.6 Å². The zero-order valence-corrected chi connectivity index (χ0v) is 16.5. The van der Waals surface area contributed by atoms with Crippen molar-refractivity contribution >= 4 is 23.3 Å². The molecule has 6 nitrogen and oxygen atoms in total. The van der Waals surface area contributed by atoms with Crippen LogP contribution in [-0.2, 0) is 0 Å². The lowest BCUT2D eigenvalue weighted by Crippen LogP contribution is -2.47. The minimum Gasteiger partial charge on any atom is -0.362 e. The van der Waals surface area contributed by atoms with Crippen molar-refractivity contribution in [3.8, 4) is 0 Å². The molecule has 1 amide bonds. The molecule has 0 unspecified atom stereocenters. The average molecular weight is 428 g/mol. The number of likely N-dealkylation sites (N-methyl/N-ethyl adjacent to an activating group) is 1. The SMILES string of the molecule is CN1CCN(C(=O)c2nn3c(c2Cl)N[C@H](c2ccccc2)C[C@@H]3C(F)(F)F)CC1. The molecule has 10 heteroatoms. The molecule has 2 atom stereocenters. The van der Waals surface area contributed by atoms with Crippen LogP contribution in [0.3, 0.4) is 0 Å². The van der Waals surface area contributed by atoms with Crippen LogP contribution in [0.1, 0.15) is 34.6 Å². The van der Waals surface area contributed by atoms with Gasteiger partial charge in [-0.1, -0.05) is 41.9 Å². The van der Waals surface area contributed by atoms with Crippen molar-refractivity contribution < 1.29 is 18.0 Å². The van der Waals surface area contributed by atoms with Crippen molar-refractivity contribution in [2.75, 3.05) is 38.5 Å². The van der Waals surface area contributed by atoms with Crippen molar-refractivity contribution in [3.05, 3.63) is 46.6 Å². The number of amides is 1. The van der Waals surface area contributed by atoms with Gasteiger partial charge in [0, 0.05) is 32.6 Å². The van der Waals surface area contributed by atoms with Crippen LogP contribution in [0.15, 0.2) is 30.3 Å². The van der Waals surface area contributed by atoms with Crippen LogP contribution >= 0.6 is 11.6 Å². The Morgan fingerprint density at radius 2 is 1.83 bits per heavy atom. The first-order valence-corrected chi connectivity index (χ1v) is 9.77. The molecule has 0 aliphatic carbocycles. The molecule has 0 radical (unpaired) electrons. The van der Waals surface area contributed by atoms with Gasteiger partial charge in [-0.3, -0.25) is 4.79 Å². The van der Waals surface area contributed by atoms with Gasteiger partial charge in [-0.2, -0.15) is 18.3 Å². The highest BCUT2D eigenvalue weighted by Crippen LogP contribution is 2.46. The van der Waals surface area contributed by atoms with Gasteiger partial charge in [0.15, 0.2) is 11.7 Å². The maximum Gasteiger partial charge on any atom is 0.410 e. The number of piperazine rings is 1. The topological polar surface area (TPSA) is 53.4 Å². The summed E-state index contributed by atoms with van der Waals surface area (Å²) in [4.78, 5) is 16.6. The summed E-state index contributed by atoms with van der Waals surface area (Å²) in [5.74, 6) is -0.407. The molecule has 2 aliphatic heterocycles. The molecule has 1 aromatic carbocycles. The standard InChI is InChI=1S/C19H21ClF3N5O/c1-26-7-9-27(10-8-26)18(29)16-15(20)17-24-13(12-5-3-2-4-6-12)11-14(19(21,22)23)28(17)25-16/h2-6,13-14,24H,7-11H2,1H3/t13-,14+/m0/s1. The van der Waals surface area contributed by atoms with Crippen LogP contribution in [0.4, 0.5) is 19.0 Å². The van der Waals surface area contributed by atoms with E-state index >= 15 is 0 Å². The van der Waals surface area contributed by atoms with E-state index in [0.717, 1.165) is 10.2 Å². The van der Waals surface area contributed by atoms with Crippen molar-refractivity contribution in [2.45, 2.75) is 24.7 Å². The summed E-state index contributed by atoms with van der Waals surface area (Å²) in [5.41, 5.74) is 0.582. The number of benzene rings is 1. The van der Waals surface area contributed by atoms with Crippen molar-refractivity contribution in [1.29, 1.82) is 0 Å². The van der Waals surface area contributed by atoms with Crippen LogP contribution in [0.25, 0.3) is 0 Å². The smallest absolute Gasteiger partial charge is 0.362 e. The zero-order valence-electron chi connectivity index (χ0n) is 15.8. The van der Waals surface area contributed by atoms with Gasteiger partial charge in [0.05, 0.1) is 6.04 Å². The van der Waals surface area contributed by atoms with E-state index in [2.05, 4.69) is 15.3 Å². The summed E-state index contributed by atoms with van der Waals surface area (Å²) in [5, 5.41) is 7.01. The Balaban J connectivity index is 1.69. The molecule has 1 aromatic heterocycles. The lowest BCUT2D eigenvalue weighted by Gasteiger charge is -2.33. The van der Waals surface area contributed by atoms with Crippen LogP contribution in [0, 0.1) is 0 Å². The van der Waals surface area contributed by atoms with Crippen LogP contribution in [0.2, 0.25) is 5.02 Å². The van der Waals surface area contributed by atoms with E-state index in [1.54, 1.807) is 35.2 Å². The number of anilines is 1. The molecule has 1 fully saturated rings. The molecule has 3 heterocycles. The van der Waals surface area contributed by atoms with Gasteiger partial charge in [0.25, 0.3) is 5.91 Å². The molecule has 0 saturated carbocycles. The van der Waals surface area contributed by atoms with E-state index < -0.39 is 24.2 Å². The number of fused-ring (bicyclic) bond motifs is 1. The summed E-state index contributed by atoms with van der Waals surface area (Å²) < 4.78 is 42.3. The number of nitrogens with one attached hydrogen (secondary N) is 1. The fourth-order valence-electron chi connectivity index (χ4n) is 3.79. The summed E-state index contributed by atoms with van der Waals surface area (Å²) in [6.45, 7) is 2.35. The first-order chi connectivity index (χ1) is 13.8. The van der Waals surface area contributed by atoms with Gasteiger partial charge in [-0.15, -0.1) is 0 Å². The predicted molar refractivity (Wildman–Crippen MR) is 103 cm³/mol. The largest absolute Gasteiger partial charge is 0.410 e. The Bertz CT molecular complexity index is 893. The second-order valence-corrected chi connectivity index (χ2v) is 7.83. The predicted octanol–water partition coefficient (Wildman–Crippen LogP) is 3.58. The molecule has 4 rings (SSSR count). The van der Waals surface area contributed by atoms with Gasteiger partial charge in [-0.25, -0.2) is 4.68 Å². The van der Waals surface area contributed by atoms with E-state index in [1.165, 1.54) is 0 Å². The van der Waals surface area contributed by atoms with Crippen molar-refractivity contribution in [1.82, 2.24) is 19.6 Å². The number of carbonyl (C=O) groups excluding carboxylic acids is 1. The van der Waals surface area contributed by atoms with Gasteiger partial charge < -0.3 is 15.1 Å². The van der Waals surface area contributed by atoms with Gasteiger partial charge in [0.1, 0.15) is 10.8 Å². The number of alkyl halides is 3. The average Bonchev–Trinajstić information content (AvgIpc) is 3.04. The van der Waals surface area contributed by atoms with Gasteiger partial charge >= 0.3 is 6.18 Å². The number of rotatable bonds is 2. The fourth-order valence-corrected chi connectivity index (χ4v) is 4.05. The maximum absolute atomic E-state index is 13.8. The molecule has 1 N–H and O–H groups in total. The number of carbonyl (C=O) groups is 1. The minimum absolute atomic E-state index is 0.0339. The van der Waals surface area contributed by atoms with E-state index in [-0.39, 0.29) is 23.0 Å². The second-order valence-electron chi connectivity index (χ2n) is 7.45. The molecule has 1 saturated heterocycles. The molecule has 0 spiro atoms. The summed E-state index contributed by atoms with van der Waals surface area (Å²) in [6, 6.07) is 6.43. The zero-order chi connectivity index (χ0) is 20.8. The highest BCUT2D eigenvalue weighted by Gasteiger charge is 2.48. The number of hydrogen-bond acceptors (Lipinski definition) is 4. The molecule has 0 bridgehead atoms. The molecular formula is C19H21ClF3N5O. The molecule has 2 aromatic rings. The Labute approximate surface area is 171 Å². The Hall–Kier alpha value is -2.26. The number of nitrogens with zero attached hydrogens (tertiary/aromatic N) is 4. The van der Waals surface area contributed by atoms with Gasteiger partial charge in [0.2, 0.25) is 0 Å². The minimum atomic E-state index is -4.52. The third-order valence-corrected chi connectivity index (χ3v) is 5.85. The van der Waals surface area contributed by atoms with Crippen LogP contribution in [-0.4, -0.2) is 64.9 Å². The highest BCUT2D eigenvalue weighted by atomic mass is 35.5. The third kappa shape index (κ3) is 3.81. The maximum atomic E-state index is 13.8. The van der Waals surface area contributed by atoms with E-state index in [9.17, 15) is 18.0 Å². The van der Waals surface area contributed by atoms with E-state index in [0.29, 0.717) is 26.2 Å². The lowest BCUT2D eigenvalue weighted by molar-refractivity contribution is -0.173. The van der Waals surface area contributed by atoms with Crippen molar-refractivity contribution in [3.63, 3.8) is 0 Å². The lowest BCUT2D eigenvalue weighted by atomic mass is 9.97. The Morgan fingerprint density at radius 3 is 2.45 bits per heavy atom. The molecule has 156 valence electrons. The number of hydrogen-bond donors (Lipinski definition) is 1. The van der Waals surface area contributed by atoms with E-state index in [1.807, 2.05) is 7.05 Å². The quantitative estimate of drug-likeness (QED) is 0.796. The highest BCUT2D eigenvalue weighted by molar-refractivity contribution is 6.36. The summed E-state index contributed by atoms with van der Waals surface area (Å²) in [7, 11) is 1.95. The Morgan fingerprint density at radius 1 is 1.17 bits per heavy atom. The third-order valence-electron chi connectivity index (χ3n) is 5.49. The van der Waals surface area contributed by atoms with Gasteiger partial charge in [-0.05, 0) is 12.6 Å². The van der Waals surface area contributed by atoms with Crippen LogP contribution < -0.4 is 5.32 Å². The number of aromatic nitrogens is 2. The second kappa shape index (κ2) is 7.53. The molecule has 2 aliphatic rings. The molecular weight excluding hydrogens is 407 g/mol. The normalized spacial score (nSPS) is 22.9. The van der Waals surface area contributed by atoms with Crippen molar-refractivity contribution in [2.24, 2.45) is 0 Å². The molecule has 29 heavy (non-hydrogen) atoms.